The highest BCUT2D eigenvalue weighted by molar-refractivity contribution is 5.99. The van der Waals surface area contributed by atoms with Crippen molar-refractivity contribution in [1.29, 1.82) is 0 Å². The third-order valence-electron chi connectivity index (χ3n) is 3.56. The van der Waals surface area contributed by atoms with Crippen LogP contribution in [0.25, 0.3) is 0 Å². The van der Waals surface area contributed by atoms with Gasteiger partial charge in [-0.25, -0.2) is 0 Å². The maximum Gasteiger partial charge on any atom is 0.257 e. The smallest absolute Gasteiger partial charge is 0.257 e. The van der Waals surface area contributed by atoms with Gasteiger partial charge in [0.2, 0.25) is 0 Å². The number of nitrogens with one attached hydrogen (secondary N) is 1. The van der Waals surface area contributed by atoms with E-state index in [1.807, 2.05) is 24.8 Å². The quantitative estimate of drug-likeness (QED) is 0.800. The van der Waals surface area contributed by atoms with Crippen LogP contribution in [0.15, 0.2) is 12.3 Å². The van der Waals surface area contributed by atoms with Crippen LogP contribution < -0.4 is 5.32 Å². The second-order valence-corrected chi connectivity index (χ2v) is 5.15. The number of amides is 1. The number of methoxy groups -OCH3 is 1. The van der Waals surface area contributed by atoms with E-state index in [1.54, 1.807) is 13.3 Å². The van der Waals surface area contributed by atoms with Crippen molar-refractivity contribution >= 4 is 11.6 Å². The third-order valence-corrected chi connectivity index (χ3v) is 3.56. The predicted molar refractivity (Wildman–Crippen MR) is 85.8 cm³/mol. The Morgan fingerprint density at radius 3 is 2.76 bits per heavy atom. The van der Waals surface area contributed by atoms with Crippen LogP contribution >= 0.6 is 0 Å². The van der Waals surface area contributed by atoms with Crippen LogP contribution in [-0.2, 0) is 4.74 Å². The standard InChI is InChI=1S/C16H27N3O2/c1-6-13(4)19(8-9-21-5)16(20)14-11-18-12(3)10-15(14)17-7-2/h10-11,13H,6-9H2,1-5H3,(H,17,18). The Morgan fingerprint density at radius 2 is 2.19 bits per heavy atom. The molecular weight excluding hydrogens is 266 g/mol. The topological polar surface area (TPSA) is 54.5 Å². The summed E-state index contributed by atoms with van der Waals surface area (Å²) in [6.07, 6.45) is 2.57. The molecule has 1 N–H and O–H groups in total. The lowest BCUT2D eigenvalue weighted by atomic mass is 10.1. The lowest BCUT2D eigenvalue weighted by molar-refractivity contribution is 0.0614. The van der Waals surface area contributed by atoms with Crippen molar-refractivity contribution < 1.29 is 9.53 Å². The van der Waals surface area contributed by atoms with E-state index in [0.29, 0.717) is 18.7 Å². The first-order valence-corrected chi connectivity index (χ1v) is 7.55. The SMILES string of the molecule is CCNc1cc(C)ncc1C(=O)N(CCOC)C(C)CC. The van der Waals surface area contributed by atoms with E-state index in [9.17, 15) is 4.79 Å². The summed E-state index contributed by atoms with van der Waals surface area (Å²) in [4.78, 5) is 19.0. The lowest BCUT2D eigenvalue weighted by Gasteiger charge is -2.29. The Morgan fingerprint density at radius 1 is 1.48 bits per heavy atom. The minimum atomic E-state index is 0.00449. The fraction of sp³-hybridized carbons (Fsp3) is 0.625. The van der Waals surface area contributed by atoms with Crippen LogP contribution in [0.1, 0.15) is 43.2 Å². The maximum absolute atomic E-state index is 12.8. The van der Waals surface area contributed by atoms with Gasteiger partial charge in [0.15, 0.2) is 0 Å². The van der Waals surface area contributed by atoms with Crippen LogP contribution in [0.3, 0.4) is 0 Å². The lowest BCUT2D eigenvalue weighted by Crippen LogP contribution is -2.40. The number of carbonyl (C=O) groups excluding carboxylic acids is 1. The zero-order valence-corrected chi connectivity index (χ0v) is 13.8. The molecule has 1 unspecified atom stereocenters. The Bertz CT molecular complexity index is 463. The highest BCUT2D eigenvalue weighted by Gasteiger charge is 2.22. The predicted octanol–water partition coefficient (Wildman–Crippen LogP) is 2.71. The molecule has 0 saturated carbocycles. The normalized spacial score (nSPS) is 12.0. The van der Waals surface area contributed by atoms with Crippen molar-refractivity contribution in [2.75, 3.05) is 32.1 Å². The van der Waals surface area contributed by atoms with E-state index in [2.05, 4.69) is 24.1 Å². The third kappa shape index (κ3) is 4.70. The minimum absolute atomic E-state index is 0.00449. The number of carbonyl (C=O) groups is 1. The van der Waals surface area contributed by atoms with E-state index in [4.69, 9.17) is 4.74 Å². The van der Waals surface area contributed by atoms with Gasteiger partial charge in [-0.1, -0.05) is 6.92 Å². The molecule has 5 heteroatoms. The molecule has 1 aromatic rings. The molecule has 0 aliphatic carbocycles. The fourth-order valence-corrected chi connectivity index (χ4v) is 2.15. The molecule has 1 atom stereocenters. The molecule has 5 nitrogen and oxygen atoms in total. The molecule has 0 aliphatic rings. The van der Waals surface area contributed by atoms with Gasteiger partial charge in [0.25, 0.3) is 5.91 Å². The van der Waals surface area contributed by atoms with E-state index < -0.39 is 0 Å². The first-order valence-electron chi connectivity index (χ1n) is 7.55. The second-order valence-electron chi connectivity index (χ2n) is 5.15. The molecule has 0 spiro atoms. The van der Waals surface area contributed by atoms with E-state index in [1.165, 1.54) is 0 Å². The van der Waals surface area contributed by atoms with Crippen molar-refractivity contribution in [3.63, 3.8) is 0 Å². The number of aryl methyl sites for hydroxylation is 1. The zero-order valence-electron chi connectivity index (χ0n) is 13.8. The average molecular weight is 293 g/mol. The molecule has 0 saturated heterocycles. The van der Waals surface area contributed by atoms with E-state index in [0.717, 1.165) is 24.3 Å². The molecule has 118 valence electrons. The monoisotopic (exact) mass is 293 g/mol. The van der Waals surface area contributed by atoms with Gasteiger partial charge < -0.3 is 15.0 Å². The molecule has 1 heterocycles. The van der Waals surface area contributed by atoms with Gasteiger partial charge >= 0.3 is 0 Å². The van der Waals surface area contributed by atoms with Gasteiger partial charge in [0.05, 0.1) is 17.9 Å². The summed E-state index contributed by atoms with van der Waals surface area (Å²) >= 11 is 0. The molecule has 1 aromatic heterocycles. The molecule has 0 bridgehead atoms. The van der Waals surface area contributed by atoms with Crippen LogP contribution in [0.5, 0.6) is 0 Å². The van der Waals surface area contributed by atoms with Gasteiger partial charge in [-0.2, -0.15) is 0 Å². The summed E-state index contributed by atoms with van der Waals surface area (Å²) in [6, 6.07) is 2.09. The molecule has 0 radical (unpaired) electrons. The second kappa shape index (κ2) is 8.62. The zero-order chi connectivity index (χ0) is 15.8. The number of hydrogen-bond acceptors (Lipinski definition) is 4. The van der Waals surface area contributed by atoms with Gasteiger partial charge in [-0.3, -0.25) is 9.78 Å². The number of pyridine rings is 1. The minimum Gasteiger partial charge on any atom is -0.385 e. The van der Waals surface area contributed by atoms with Gasteiger partial charge in [0.1, 0.15) is 0 Å². The van der Waals surface area contributed by atoms with Crippen molar-refractivity contribution in [3.8, 4) is 0 Å². The number of ether oxygens (including phenoxy) is 1. The summed E-state index contributed by atoms with van der Waals surface area (Å²) in [7, 11) is 1.65. The molecule has 0 aliphatic heterocycles. The van der Waals surface area contributed by atoms with Crippen molar-refractivity contribution in [3.05, 3.63) is 23.5 Å². The molecule has 0 fully saturated rings. The first kappa shape index (κ1) is 17.4. The van der Waals surface area contributed by atoms with E-state index in [-0.39, 0.29) is 11.9 Å². The summed E-state index contributed by atoms with van der Waals surface area (Å²) in [6.45, 7) is 9.97. The summed E-state index contributed by atoms with van der Waals surface area (Å²) in [5, 5.41) is 3.25. The van der Waals surface area contributed by atoms with Crippen molar-refractivity contribution in [1.82, 2.24) is 9.88 Å². The number of rotatable bonds is 8. The molecule has 21 heavy (non-hydrogen) atoms. The van der Waals surface area contributed by atoms with Crippen molar-refractivity contribution in [2.45, 2.75) is 40.2 Å². The number of nitrogens with zero attached hydrogens (tertiary/aromatic N) is 2. The molecule has 1 amide bonds. The van der Waals surface area contributed by atoms with Gasteiger partial charge in [-0.15, -0.1) is 0 Å². The van der Waals surface area contributed by atoms with E-state index >= 15 is 0 Å². The van der Waals surface area contributed by atoms with Gasteiger partial charge in [-0.05, 0) is 33.3 Å². The van der Waals surface area contributed by atoms with Crippen LogP contribution in [0, 0.1) is 6.92 Å². The first-order chi connectivity index (χ1) is 10.0. The molecule has 0 aromatic carbocycles. The highest BCUT2D eigenvalue weighted by atomic mass is 16.5. The summed E-state index contributed by atoms with van der Waals surface area (Å²) in [5.74, 6) is 0.00449. The Hall–Kier alpha value is -1.62. The molecular formula is C16H27N3O2. The fourth-order valence-electron chi connectivity index (χ4n) is 2.15. The number of aromatic nitrogens is 1. The summed E-state index contributed by atoms with van der Waals surface area (Å²) in [5.41, 5.74) is 2.37. The maximum atomic E-state index is 12.8. The van der Waals surface area contributed by atoms with Crippen LogP contribution in [0.4, 0.5) is 5.69 Å². The Balaban J connectivity index is 3.07. The Labute approximate surface area is 127 Å². The average Bonchev–Trinajstić information content (AvgIpc) is 2.47. The Kier molecular flexibility index (Phi) is 7.15. The number of hydrogen-bond donors (Lipinski definition) is 1. The summed E-state index contributed by atoms with van der Waals surface area (Å²) < 4.78 is 5.12. The van der Waals surface area contributed by atoms with Crippen LogP contribution in [0.2, 0.25) is 0 Å². The van der Waals surface area contributed by atoms with Gasteiger partial charge in [0, 0.05) is 38.1 Å². The largest absolute Gasteiger partial charge is 0.385 e. The number of anilines is 1. The van der Waals surface area contributed by atoms with Crippen molar-refractivity contribution in [2.24, 2.45) is 0 Å². The molecule has 1 rings (SSSR count). The van der Waals surface area contributed by atoms with Crippen LogP contribution in [-0.4, -0.2) is 48.6 Å². The highest BCUT2D eigenvalue weighted by Crippen LogP contribution is 2.19.